The number of benzene rings is 3. The zero-order valence-electron chi connectivity index (χ0n) is 19.0. The highest BCUT2D eigenvalue weighted by Crippen LogP contribution is 2.29. The van der Waals surface area contributed by atoms with Crippen molar-refractivity contribution in [1.29, 1.82) is 0 Å². The summed E-state index contributed by atoms with van der Waals surface area (Å²) in [6.07, 6.45) is 0. The van der Waals surface area contributed by atoms with E-state index in [1.165, 1.54) is 35.0 Å². The van der Waals surface area contributed by atoms with E-state index in [2.05, 4.69) is 50.5 Å². The number of non-ortho nitro benzene ring substituents is 1. The minimum absolute atomic E-state index is 0.00548. The summed E-state index contributed by atoms with van der Waals surface area (Å²) in [6, 6.07) is 20.9. The number of thioether (sulfide) groups is 1. The van der Waals surface area contributed by atoms with Gasteiger partial charge in [-0.15, -0.1) is 10.2 Å². The van der Waals surface area contributed by atoms with E-state index in [4.69, 9.17) is 0 Å². The summed E-state index contributed by atoms with van der Waals surface area (Å²) in [5, 5.41) is 23.5. The van der Waals surface area contributed by atoms with E-state index < -0.39 is 11.0 Å². The zero-order chi connectivity index (χ0) is 24.9. The molecule has 4 aromatic rings. The first kappa shape index (κ1) is 24.6. The number of carbonyl (C=O) groups is 1. The van der Waals surface area contributed by atoms with Gasteiger partial charge in [0.2, 0.25) is 0 Å². The molecule has 178 valence electrons. The molecule has 35 heavy (non-hydrogen) atoms. The number of rotatable bonds is 8. The molecule has 1 atom stereocenters. The zero-order valence-corrected chi connectivity index (χ0v) is 21.4. The summed E-state index contributed by atoms with van der Waals surface area (Å²) >= 11 is 4.88. The Bertz CT molecular complexity index is 1360. The van der Waals surface area contributed by atoms with Crippen LogP contribution >= 0.6 is 27.7 Å². The predicted molar refractivity (Wildman–Crippen MR) is 139 cm³/mol. The number of nitrogens with one attached hydrogen (secondary N) is 1. The molecule has 0 radical (unpaired) electrons. The van der Waals surface area contributed by atoms with E-state index in [1.807, 2.05) is 23.6 Å². The van der Waals surface area contributed by atoms with E-state index in [0.717, 1.165) is 4.47 Å². The summed E-state index contributed by atoms with van der Waals surface area (Å²) in [4.78, 5) is 23.5. The van der Waals surface area contributed by atoms with E-state index in [1.54, 1.807) is 36.4 Å². The Kier molecular flexibility index (Phi) is 7.62. The molecular formula is C25H22BrN5O3S. The number of nitrogens with zero attached hydrogens (tertiary/aromatic N) is 4. The van der Waals surface area contributed by atoms with Crippen molar-refractivity contribution < 1.29 is 9.72 Å². The molecule has 3 aromatic carbocycles. The maximum absolute atomic E-state index is 12.8. The van der Waals surface area contributed by atoms with Crippen molar-refractivity contribution in [3.8, 4) is 5.69 Å². The van der Waals surface area contributed by atoms with E-state index in [9.17, 15) is 14.9 Å². The normalized spacial score (nSPS) is 11.7. The van der Waals surface area contributed by atoms with E-state index in [-0.39, 0.29) is 11.6 Å². The van der Waals surface area contributed by atoms with Crippen LogP contribution in [-0.2, 0) is 5.75 Å². The molecule has 0 fully saturated rings. The third-order valence-corrected chi connectivity index (χ3v) is 6.94. The molecule has 1 amide bonds. The van der Waals surface area contributed by atoms with E-state index in [0.29, 0.717) is 28.0 Å². The lowest BCUT2D eigenvalue weighted by molar-refractivity contribution is -0.384. The lowest BCUT2D eigenvalue weighted by atomic mass is 10.1. The van der Waals surface area contributed by atoms with Gasteiger partial charge < -0.3 is 5.32 Å². The van der Waals surface area contributed by atoms with Gasteiger partial charge in [0, 0.05) is 33.6 Å². The fraction of sp³-hybridized carbons (Fsp3) is 0.160. The molecule has 0 unspecified atom stereocenters. The van der Waals surface area contributed by atoms with Crippen LogP contribution in [0.25, 0.3) is 5.69 Å². The quantitative estimate of drug-likeness (QED) is 0.163. The fourth-order valence-electron chi connectivity index (χ4n) is 3.48. The van der Waals surface area contributed by atoms with Crippen molar-refractivity contribution in [2.45, 2.75) is 30.8 Å². The van der Waals surface area contributed by atoms with Crippen LogP contribution in [-0.4, -0.2) is 25.6 Å². The Morgan fingerprint density at radius 1 is 1.09 bits per heavy atom. The van der Waals surface area contributed by atoms with Crippen molar-refractivity contribution in [3.05, 3.63) is 110 Å². The molecule has 0 aliphatic rings. The first-order valence-electron chi connectivity index (χ1n) is 10.8. The molecule has 0 aliphatic carbocycles. The largest absolute Gasteiger partial charge is 0.342 e. The Labute approximate surface area is 215 Å². The number of carbonyl (C=O) groups excluding carboxylic acids is 1. The maximum atomic E-state index is 12.8. The molecule has 0 aliphatic heterocycles. The van der Waals surface area contributed by atoms with Gasteiger partial charge in [0.25, 0.3) is 11.6 Å². The van der Waals surface area contributed by atoms with Gasteiger partial charge in [-0.3, -0.25) is 19.5 Å². The van der Waals surface area contributed by atoms with Gasteiger partial charge in [-0.2, -0.15) is 0 Å². The number of hydrogen-bond donors (Lipinski definition) is 1. The SMILES string of the molecule is Cc1ccccc1CSc1nnc([C@@H](C)NC(=O)c2ccc(Br)cc2)n1-c1ccc([N+](=O)[O-])cc1. The van der Waals surface area contributed by atoms with Crippen LogP contribution in [0.1, 0.15) is 40.3 Å². The first-order valence-corrected chi connectivity index (χ1v) is 12.5. The van der Waals surface area contributed by atoms with Gasteiger partial charge in [-0.05, 0) is 61.4 Å². The Morgan fingerprint density at radius 3 is 2.43 bits per heavy atom. The molecule has 10 heteroatoms. The first-order chi connectivity index (χ1) is 16.8. The third kappa shape index (κ3) is 5.77. The monoisotopic (exact) mass is 551 g/mol. The second kappa shape index (κ2) is 10.8. The standard InChI is InChI=1S/C25H22BrN5O3S/c1-16-5-3-4-6-19(16)15-35-25-29-28-23(30(25)21-11-13-22(14-12-21)31(33)34)17(2)27-24(32)18-7-9-20(26)10-8-18/h3-14,17H,15H2,1-2H3,(H,27,32)/t17-/m1/s1. The number of halogens is 1. The topological polar surface area (TPSA) is 103 Å². The minimum Gasteiger partial charge on any atom is -0.342 e. The Balaban J connectivity index is 1.65. The number of amides is 1. The molecule has 8 nitrogen and oxygen atoms in total. The van der Waals surface area contributed by atoms with Gasteiger partial charge >= 0.3 is 0 Å². The van der Waals surface area contributed by atoms with Crippen LogP contribution in [0.2, 0.25) is 0 Å². The predicted octanol–water partition coefficient (Wildman–Crippen LogP) is 6.03. The average molecular weight is 552 g/mol. The molecule has 4 rings (SSSR count). The van der Waals surface area contributed by atoms with Crippen molar-refractivity contribution in [1.82, 2.24) is 20.1 Å². The van der Waals surface area contributed by atoms with Crippen LogP contribution in [0.15, 0.2) is 82.4 Å². The summed E-state index contributed by atoms with van der Waals surface area (Å²) in [6.45, 7) is 3.89. The minimum atomic E-state index is -0.471. The lowest BCUT2D eigenvalue weighted by Gasteiger charge is -2.16. The number of nitro groups is 1. The fourth-order valence-corrected chi connectivity index (χ4v) is 4.78. The number of hydrogen-bond acceptors (Lipinski definition) is 6. The number of nitro benzene ring substituents is 1. The summed E-state index contributed by atoms with van der Waals surface area (Å²) in [7, 11) is 0. The highest BCUT2D eigenvalue weighted by atomic mass is 79.9. The van der Waals surface area contributed by atoms with Crippen molar-refractivity contribution in [2.24, 2.45) is 0 Å². The van der Waals surface area contributed by atoms with Crippen molar-refractivity contribution in [3.63, 3.8) is 0 Å². The van der Waals surface area contributed by atoms with Gasteiger partial charge in [0.05, 0.1) is 11.0 Å². The van der Waals surface area contributed by atoms with Crippen LogP contribution in [0, 0.1) is 17.0 Å². The molecular weight excluding hydrogens is 530 g/mol. The number of aromatic nitrogens is 3. The molecule has 1 heterocycles. The summed E-state index contributed by atoms with van der Waals surface area (Å²) < 4.78 is 2.72. The van der Waals surface area contributed by atoms with Crippen LogP contribution in [0.5, 0.6) is 0 Å². The summed E-state index contributed by atoms with van der Waals surface area (Å²) in [5.41, 5.74) is 3.54. The smallest absolute Gasteiger partial charge is 0.269 e. The second-order valence-corrected chi connectivity index (χ2v) is 9.73. The maximum Gasteiger partial charge on any atom is 0.269 e. The lowest BCUT2D eigenvalue weighted by Crippen LogP contribution is -2.28. The van der Waals surface area contributed by atoms with Gasteiger partial charge in [-0.1, -0.05) is 52.0 Å². The average Bonchev–Trinajstić information content (AvgIpc) is 3.28. The molecule has 0 spiro atoms. The summed E-state index contributed by atoms with van der Waals surface area (Å²) in [5.74, 6) is 0.964. The highest BCUT2D eigenvalue weighted by molar-refractivity contribution is 9.10. The third-order valence-electron chi connectivity index (χ3n) is 5.44. The molecule has 0 saturated carbocycles. The molecule has 1 aromatic heterocycles. The van der Waals surface area contributed by atoms with E-state index >= 15 is 0 Å². The Hall–Kier alpha value is -3.50. The second-order valence-electron chi connectivity index (χ2n) is 7.87. The number of aryl methyl sites for hydroxylation is 1. The van der Waals surface area contributed by atoms with Crippen LogP contribution in [0.3, 0.4) is 0 Å². The molecule has 0 bridgehead atoms. The molecule has 0 saturated heterocycles. The van der Waals surface area contributed by atoms with Crippen LogP contribution < -0.4 is 5.32 Å². The van der Waals surface area contributed by atoms with Gasteiger partial charge in [0.1, 0.15) is 0 Å². The Morgan fingerprint density at radius 2 is 1.77 bits per heavy atom. The van der Waals surface area contributed by atoms with Crippen LogP contribution in [0.4, 0.5) is 5.69 Å². The van der Waals surface area contributed by atoms with Gasteiger partial charge in [0.15, 0.2) is 11.0 Å². The van der Waals surface area contributed by atoms with Gasteiger partial charge in [-0.25, -0.2) is 0 Å². The molecule has 1 N–H and O–H groups in total. The van der Waals surface area contributed by atoms with Crippen molar-refractivity contribution in [2.75, 3.05) is 0 Å². The highest BCUT2D eigenvalue weighted by Gasteiger charge is 2.22. The van der Waals surface area contributed by atoms with Crippen molar-refractivity contribution >= 4 is 39.3 Å².